The number of benzene rings is 1. The molecular formula is C18H27NO2. The van der Waals surface area contributed by atoms with E-state index in [2.05, 4.69) is 36.5 Å². The molecule has 1 unspecified atom stereocenters. The van der Waals surface area contributed by atoms with E-state index >= 15 is 0 Å². The molecule has 0 amide bonds. The lowest BCUT2D eigenvalue weighted by molar-refractivity contribution is -0.0630. The zero-order valence-corrected chi connectivity index (χ0v) is 13.0. The van der Waals surface area contributed by atoms with E-state index in [-0.39, 0.29) is 0 Å². The third kappa shape index (κ3) is 4.29. The molecule has 0 aromatic heterocycles. The monoisotopic (exact) mass is 289 g/mol. The fourth-order valence-electron chi connectivity index (χ4n) is 3.25. The molecule has 3 nitrogen and oxygen atoms in total. The fraction of sp³-hybridized carbons (Fsp3) is 0.667. The summed E-state index contributed by atoms with van der Waals surface area (Å²) in [5.74, 6) is 0.786. The van der Waals surface area contributed by atoms with Crippen molar-refractivity contribution in [2.75, 3.05) is 19.8 Å². The molecule has 3 heteroatoms. The van der Waals surface area contributed by atoms with Crippen molar-refractivity contribution in [1.29, 1.82) is 0 Å². The van der Waals surface area contributed by atoms with Gasteiger partial charge in [-0.15, -0.1) is 0 Å². The van der Waals surface area contributed by atoms with Crippen LogP contribution in [0.25, 0.3) is 0 Å². The third-order valence-electron chi connectivity index (χ3n) is 4.85. The highest BCUT2D eigenvalue weighted by Gasteiger charge is 2.35. The van der Waals surface area contributed by atoms with E-state index in [0.29, 0.717) is 25.8 Å². The summed E-state index contributed by atoms with van der Waals surface area (Å²) in [6, 6.07) is 9.28. The van der Waals surface area contributed by atoms with E-state index < -0.39 is 5.60 Å². The second-order valence-electron chi connectivity index (χ2n) is 6.85. The molecule has 1 atom stereocenters. The molecule has 2 N–H and O–H groups in total. The molecule has 1 aliphatic heterocycles. The largest absolute Gasteiger partial charge is 0.388 e. The first-order valence-corrected chi connectivity index (χ1v) is 8.24. The summed E-state index contributed by atoms with van der Waals surface area (Å²) in [6.07, 6.45) is 5.22. The minimum absolute atomic E-state index is 0.499. The molecule has 2 aliphatic rings. The lowest BCUT2D eigenvalue weighted by Crippen LogP contribution is -2.48. The zero-order chi connectivity index (χ0) is 14.7. The Morgan fingerprint density at radius 2 is 2.10 bits per heavy atom. The van der Waals surface area contributed by atoms with Crippen LogP contribution in [0.4, 0.5) is 0 Å². The molecule has 2 fully saturated rings. The van der Waals surface area contributed by atoms with Crippen molar-refractivity contribution in [3.63, 3.8) is 0 Å². The SMILES string of the molecule is Cc1cccc(CC(NCC2(O)CCOCC2)C2CC2)c1. The Balaban J connectivity index is 1.57. The highest BCUT2D eigenvalue weighted by molar-refractivity contribution is 5.23. The van der Waals surface area contributed by atoms with Gasteiger partial charge >= 0.3 is 0 Å². The van der Waals surface area contributed by atoms with Gasteiger partial charge in [0, 0.05) is 38.6 Å². The highest BCUT2D eigenvalue weighted by atomic mass is 16.5. The molecule has 116 valence electrons. The van der Waals surface area contributed by atoms with Gasteiger partial charge in [-0.25, -0.2) is 0 Å². The van der Waals surface area contributed by atoms with Gasteiger partial charge in [0.05, 0.1) is 5.60 Å². The van der Waals surface area contributed by atoms with E-state index in [9.17, 15) is 5.11 Å². The topological polar surface area (TPSA) is 41.5 Å². The number of ether oxygens (including phenoxy) is 1. The Kier molecular flexibility index (Phi) is 4.63. The van der Waals surface area contributed by atoms with Gasteiger partial charge in [0.15, 0.2) is 0 Å². The number of nitrogens with one attached hydrogen (secondary N) is 1. The molecule has 21 heavy (non-hydrogen) atoms. The molecule has 0 radical (unpaired) electrons. The number of aryl methyl sites for hydroxylation is 1. The maximum Gasteiger partial charge on any atom is 0.0815 e. The first-order chi connectivity index (χ1) is 10.1. The number of aliphatic hydroxyl groups is 1. The molecule has 1 aromatic carbocycles. The van der Waals surface area contributed by atoms with Crippen molar-refractivity contribution in [3.8, 4) is 0 Å². The maximum atomic E-state index is 10.6. The Morgan fingerprint density at radius 3 is 2.76 bits per heavy atom. The molecule has 1 saturated carbocycles. The minimum atomic E-state index is -0.571. The summed E-state index contributed by atoms with van der Waals surface area (Å²) in [5.41, 5.74) is 2.15. The Bertz CT molecular complexity index is 464. The molecule has 1 heterocycles. The lowest BCUT2D eigenvalue weighted by atomic mass is 9.93. The summed E-state index contributed by atoms with van der Waals surface area (Å²) in [6.45, 7) is 4.21. The summed E-state index contributed by atoms with van der Waals surface area (Å²) in [7, 11) is 0. The van der Waals surface area contributed by atoms with Gasteiger partial charge in [0.25, 0.3) is 0 Å². The summed E-state index contributed by atoms with van der Waals surface area (Å²) in [5, 5.41) is 14.2. The average Bonchev–Trinajstić information content (AvgIpc) is 3.29. The fourth-order valence-corrected chi connectivity index (χ4v) is 3.25. The first kappa shape index (κ1) is 15.0. The average molecular weight is 289 g/mol. The Morgan fingerprint density at radius 1 is 1.33 bits per heavy atom. The van der Waals surface area contributed by atoms with Crippen molar-refractivity contribution in [2.45, 2.75) is 50.7 Å². The van der Waals surface area contributed by atoms with Gasteiger partial charge in [-0.2, -0.15) is 0 Å². The summed E-state index contributed by atoms with van der Waals surface area (Å²) < 4.78 is 5.35. The molecule has 1 saturated heterocycles. The van der Waals surface area contributed by atoms with Crippen LogP contribution in [0.2, 0.25) is 0 Å². The first-order valence-electron chi connectivity index (χ1n) is 8.24. The molecule has 0 bridgehead atoms. The van der Waals surface area contributed by atoms with E-state index in [4.69, 9.17) is 4.74 Å². The number of rotatable bonds is 6. The van der Waals surface area contributed by atoms with E-state index in [1.165, 1.54) is 24.0 Å². The zero-order valence-electron chi connectivity index (χ0n) is 13.0. The molecule has 1 aromatic rings. The Hall–Kier alpha value is -0.900. The summed E-state index contributed by atoms with van der Waals surface area (Å²) in [4.78, 5) is 0. The lowest BCUT2D eigenvalue weighted by Gasteiger charge is -2.34. The van der Waals surface area contributed by atoms with Crippen LogP contribution in [-0.4, -0.2) is 36.5 Å². The van der Waals surface area contributed by atoms with Crippen molar-refractivity contribution in [1.82, 2.24) is 5.32 Å². The predicted octanol–water partition coefficient (Wildman–Crippen LogP) is 2.45. The van der Waals surface area contributed by atoms with Crippen molar-refractivity contribution >= 4 is 0 Å². The van der Waals surface area contributed by atoms with Gasteiger partial charge in [0.2, 0.25) is 0 Å². The molecule has 1 aliphatic carbocycles. The van der Waals surface area contributed by atoms with Crippen LogP contribution >= 0.6 is 0 Å². The maximum absolute atomic E-state index is 10.6. The van der Waals surface area contributed by atoms with E-state index in [1.54, 1.807) is 0 Å². The van der Waals surface area contributed by atoms with Crippen molar-refractivity contribution < 1.29 is 9.84 Å². The summed E-state index contributed by atoms with van der Waals surface area (Å²) >= 11 is 0. The second kappa shape index (κ2) is 6.47. The van der Waals surface area contributed by atoms with Crippen LogP contribution in [0.5, 0.6) is 0 Å². The number of hydrogen-bond donors (Lipinski definition) is 2. The number of hydrogen-bond acceptors (Lipinski definition) is 3. The van der Waals surface area contributed by atoms with Crippen LogP contribution in [0, 0.1) is 12.8 Å². The smallest absolute Gasteiger partial charge is 0.0815 e. The van der Waals surface area contributed by atoms with Gasteiger partial charge < -0.3 is 15.2 Å². The normalized spacial score (nSPS) is 23.0. The standard InChI is InChI=1S/C18H27NO2/c1-14-3-2-4-15(11-14)12-17(16-5-6-16)19-13-18(20)7-9-21-10-8-18/h2-4,11,16-17,19-20H,5-10,12-13H2,1H3. The van der Waals surface area contributed by atoms with Crippen LogP contribution in [0.1, 0.15) is 36.8 Å². The second-order valence-corrected chi connectivity index (χ2v) is 6.85. The quantitative estimate of drug-likeness (QED) is 0.845. The van der Waals surface area contributed by atoms with Crippen LogP contribution in [0.3, 0.4) is 0 Å². The highest BCUT2D eigenvalue weighted by Crippen LogP contribution is 2.34. The van der Waals surface area contributed by atoms with Gasteiger partial charge in [-0.3, -0.25) is 0 Å². The molecule has 3 rings (SSSR count). The minimum Gasteiger partial charge on any atom is -0.388 e. The van der Waals surface area contributed by atoms with Crippen LogP contribution in [0.15, 0.2) is 24.3 Å². The third-order valence-corrected chi connectivity index (χ3v) is 4.85. The molecular weight excluding hydrogens is 262 g/mol. The predicted molar refractivity (Wildman–Crippen MR) is 84.4 cm³/mol. The van der Waals surface area contributed by atoms with Gasteiger partial charge in [0.1, 0.15) is 0 Å². The van der Waals surface area contributed by atoms with Crippen molar-refractivity contribution in [2.24, 2.45) is 5.92 Å². The van der Waals surface area contributed by atoms with E-state index in [0.717, 1.165) is 25.2 Å². The van der Waals surface area contributed by atoms with Crippen LogP contribution < -0.4 is 5.32 Å². The van der Waals surface area contributed by atoms with Gasteiger partial charge in [-0.05, 0) is 37.7 Å². The Labute approximate surface area is 127 Å². The van der Waals surface area contributed by atoms with E-state index in [1.807, 2.05) is 0 Å². The van der Waals surface area contributed by atoms with Crippen molar-refractivity contribution in [3.05, 3.63) is 35.4 Å². The van der Waals surface area contributed by atoms with Gasteiger partial charge in [-0.1, -0.05) is 29.8 Å². The molecule has 0 spiro atoms. The van der Waals surface area contributed by atoms with Crippen LogP contribution in [-0.2, 0) is 11.2 Å².